The molecule has 1 saturated heterocycles. The van der Waals surface area contributed by atoms with Crippen molar-refractivity contribution in [3.8, 4) is 6.07 Å². The second-order valence-electron chi connectivity index (χ2n) is 4.69. The van der Waals surface area contributed by atoms with Crippen molar-refractivity contribution in [2.75, 3.05) is 13.1 Å². The van der Waals surface area contributed by atoms with Crippen LogP contribution in [0, 0.1) is 11.3 Å². The Labute approximate surface area is 103 Å². The number of nitrogens with two attached hydrogens (primary N) is 1. The predicted octanol–water partition coefficient (Wildman–Crippen LogP) is 2.06. The van der Waals surface area contributed by atoms with Crippen molar-refractivity contribution in [3.63, 3.8) is 0 Å². The first-order valence-electron chi connectivity index (χ1n) is 6.23. The van der Waals surface area contributed by atoms with Crippen molar-refractivity contribution < 1.29 is 0 Å². The molecular weight excluding hydrogens is 210 g/mol. The van der Waals surface area contributed by atoms with Gasteiger partial charge >= 0.3 is 0 Å². The van der Waals surface area contributed by atoms with E-state index in [2.05, 4.69) is 23.1 Å². The topological polar surface area (TPSA) is 53.0 Å². The Bertz CT molecular complexity index is 382. The van der Waals surface area contributed by atoms with Crippen LogP contribution in [0.15, 0.2) is 30.3 Å². The molecule has 2 atom stereocenters. The van der Waals surface area contributed by atoms with Gasteiger partial charge in [0.1, 0.15) is 0 Å². The number of nitrogens with zero attached hydrogens (tertiary/aromatic N) is 2. The highest BCUT2D eigenvalue weighted by Gasteiger charge is 2.24. The van der Waals surface area contributed by atoms with Crippen LogP contribution >= 0.6 is 0 Å². The molecule has 3 heteroatoms. The fourth-order valence-electron chi connectivity index (χ4n) is 2.54. The van der Waals surface area contributed by atoms with Crippen molar-refractivity contribution >= 4 is 0 Å². The standard InChI is InChI=1S/C14H19N3/c15-9-8-14(12-5-2-1-3-6-12)17-10-4-7-13(16)11-17/h1-3,5-6,13-14H,4,7-8,10-11,16H2. The number of likely N-dealkylation sites (tertiary alicyclic amines) is 1. The number of hydrogen-bond acceptors (Lipinski definition) is 3. The summed E-state index contributed by atoms with van der Waals surface area (Å²) in [5.41, 5.74) is 7.24. The first-order chi connectivity index (χ1) is 8.31. The molecule has 0 aliphatic carbocycles. The second-order valence-corrected chi connectivity index (χ2v) is 4.69. The Morgan fingerprint density at radius 1 is 1.41 bits per heavy atom. The van der Waals surface area contributed by atoms with Gasteiger partial charge in [0.2, 0.25) is 0 Å². The van der Waals surface area contributed by atoms with Gasteiger partial charge in [-0.3, -0.25) is 4.90 Å². The monoisotopic (exact) mass is 229 g/mol. The molecule has 0 amide bonds. The third kappa shape index (κ3) is 3.06. The molecule has 2 rings (SSSR count). The molecular formula is C14H19N3. The summed E-state index contributed by atoms with van der Waals surface area (Å²) < 4.78 is 0. The van der Waals surface area contributed by atoms with E-state index in [9.17, 15) is 0 Å². The fraction of sp³-hybridized carbons (Fsp3) is 0.500. The van der Waals surface area contributed by atoms with Gasteiger partial charge in [-0.2, -0.15) is 5.26 Å². The summed E-state index contributed by atoms with van der Waals surface area (Å²) in [5, 5.41) is 8.99. The Morgan fingerprint density at radius 3 is 2.82 bits per heavy atom. The Kier molecular flexibility index (Phi) is 4.13. The molecule has 1 heterocycles. The zero-order chi connectivity index (χ0) is 12.1. The van der Waals surface area contributed by atoms with Crippen molar-refractivity contribution in [3.05, 3.63) is 35.9 Å². The van der Waals surface area contributed by atoms with E-state index in [1.807, 2.05) is 18.2 Å². The summed E-state index contributed by atoms with van der Waals surface area (Å²) in [4.78, 5) is 2.35. The minimum atomic E-state index is 0.201. The van der Waals surface area contributed by atoms with Crippen LogP contribution in [0.2, 0.25) is 0 Å². The minimum absolute atomic E-state index is 0.201. The smallest absolute Gasteiger partial charge is 0.0641 e. The summed E-state index contributed by atoms with van der Waals surface area (Å²) in [6.45, 7) is 1.95. The van der Waals surface area contributed by atoms with E-state index in [4.69, 9.17) is 11.0 Å². The van der Waals surface area contributed by atoms with E-state index >= 15 is 0 Å². The van der Waals surface area contributed by atoms with Crippen LogP contribution in [-0.4, -0.2) is 24.0 Å². The highest BCUT2D eigenvalue weighted by molar-refractivity contribution is 5.20. The largest absolute Gasteiger partial charge is 0.327 e. The quantitative estimate of drug-likeness (QED) is 0.863. The number of nitriles is 1. The summed E-state index contributed by atoms with van der Waals surface area (Å²) in [6.07, 6.45) is 2.78. The van der Waals surface area contributed by atoms with E-state index in [1.165, 1.54) is 5.56 Å². The number of piperidine rings is 1. The summed E-state index contributed by atoms with van der Waals surface area (Å²) in [7, 11) is 0. The van der Waals surface area contributed by atoms with Crippen LogP contribution in [0.25, 0.3) is 0 Å². The van der Waals surface area contributed by atoms with Gasteiger partial charge in [-0.1, -0.05) is 30.3 Å². The molecule has 2 N–H and O–H groups in total. The molecule has 1 aromatic carbocycles. The average molecular weight is 229 g/mol. The molecule has 2 unspecified atom stereocenters. The average Bonchev–Trinajstić information content (AvgIpc) is 2.37. The molecule has 90 valence electrons. The van der Waals surface area contributed by atoms with Gasteiger partial charge in [-0.05, 0) is 24.9 Å². The van der Waals surface area contributed by atoms with Gasteiger partial charge in [0.15, 0.2) is 0 Å². The fourth-order valence-corrected chi connectivity index (χ4v) is 2.54. The van der Waals surface area contributed by atoms with Crippen LogP contribution in [-0.2, 0) is 0 Å². The van der Waals surface area contributed by atoms with Gasteiger partial charge in [-0.25, -0.2) is 0 Å². The van der Waals surface area contributed by atoms with Crippen molar-refractivity contribution in [1.29, 1.82) is 5.26 Å². The predicted molar refractivity (Wildman–Crippen MR) is 68.2 cm³/mol. The van der Waals surface area contributed by atoms with E-state index in [1.54, 1.807) is 0 Å². The normalized spacial score (nSPS) is 22.9. The Balaban J connectivity index is 2.14. The molecule has 0 aromatic heterocycles. The molecule has 1 aliphatic rings. The van der Waals surface area contributed by atoms with E-state index in [0.29, 0.717) is 6.42 Å². The van der Waals surface area contributed by atoms with Crippen molar-refractivity contribution in [2.45, 2.75) is 31.3 Å². The SMILES string of the molecule is N#CCC(c1ccccc1)N1CCCC(N)C1. The van der Waals surface area contributed by atoms with Crippen LogP contribution in [0.1, 0.15) is 30.9 Å². The highest BCUT2D eigenvalue weighted by atomic mass is 15.2. The molecule has 1 fully saturated rings. The summed E-state index contributed by atoms with van der Waals surface area (Å²) >= 11 is 0. The zero-order valence-corrected chi connectivity index (χ0v) is 10.0. The van der Waals surface area contributed by atoms with E-state index in [-0.39, 0.29) is 12.1 Å². The molecule has 1 aromatic rings. The molecule has 0 saturated carbocycles. The van der Waals surface area contributed by atoms with E-state index < -0.39 is 0 Å². The molecule has 0 spiro atoms. The Hall–Kier alpha value is -1.37. The second kappa shape index (κ2) is 5.81. The highest BCUT2D eigenvalue weighted by Crippen LogP contribution is 2.26. The van der Waals surface area contributed by atoms with Crippen LogP contribution in [0.5, 0.6) is 0 Å². The third-order valence-corrected chi connectivity index (χ3v) is 3.40. The summed E-state index contributed by atoms with van der Waals surface area (Å²) in [6, 6.07) is 13.0. The first-order valence-corrected chi connectivity index (χ1v) is 6.23. The number of rotatable bonds is 3. The van der Waals surface area contributed by atoms with Crippen LogP contribution in [0.3, 0.4) is 0 Å². The first kappa shape index (κ1) is 12.1. The van der Waals surface area contributed by atoms with Gasteiger partial charge in [0.05, 0.1) is 12.5 Å². The molecule has 1 aliphatic heterocycles. The maximum atomic E-state index is 8.99. The maximum absolute atomic E-state index is 8.99. The lowest BCUT2D eigenvalue weighted by atomic mass is 9.98. The number of benzene rings is 1. The maximum Gasteiger partial charge on any atom is 0.0641 e. The lowest BCUT2D eigenvalue weighted by Gasteiger charge is -2.36. The van der Waals surface area contributed by atoms with Crippen LogP contribution < -0.4 is 5.73 Å². The third-order valence-electron chi connectivity index (χ3n) is 3.40. The zero-order valence-electron chi connectivity index (χ0n) is 10.0. The van der Waals surface area contributed by atoms with Crippen molar-refractivity contribution in [2.24, 2.45) is 5.73 Å². The number of hydrogen-bond donors (Lipinski definition) is 1. The van der Waals surface area contributed by atoms with Gasteiger partial charge in [-0.15, -0.1) is 0 Å². The van der Waals surface area contributed by atoms with Gasteiger partial charge in [0, 0.05) is 18.6 Å². The van der Waals surface area contributed by atoms with Gasteiger partial charge in [0.25, 0.3) is 0 Å². The molecule has 0 radical (unpaired) electrons. The van der Waals surface area contributed by atoms with Crippen molar-refractivity contribution in [1.82, 2.24) is 4.90 Å². The molecule has 3 nitrogen and oxygen atoms in total. The molecule has 17 heavy (non-hydrogen) atoms. The Morgan fingerprint density at radius 2 is 2.18 bits per heavy atom. The minimum Gasteiger partial charge on any atom is -0.327 e. The lowest BCUT2D eigenvalue weighted by Crippen LogP contribution is -2.44. The van der Waals surface area contributed by atoms with Gasteiger partial charge < -0.3 is 5.73 Å². The van der Waals surface area contributed by atoms with Crippen LogP contribution in [0.4, 0.5) is 0 Å². The lowest BCUT2D eigenvalue weighted by molar-refractivity contribution is 0.151. The summed E-state index contributed by atoms with van der Waals surface area (Å²) in [5.74, 6) is 0. The molecule has 0 bridgehead atoms. The van der Waals surface area contributed by atoms with E-state index in [0.717, 1.165) is 25.9 Å².